The summed E-state index contributed by atoms with van der Waals surface area (Å²) in [7, 11) is 0. The predicted molar refractivity (Wildman–Crippen MR) is 135 cm³/mol. The molecule has 36 heavy (non-hydrogen) atoms. The number of anilines is 2. The lowest BCUT2D eigenvalue weighted by atomic mass is 10.0. The maximum Gasteiger partial charge on any atom is 0.123 e. The van der Waals surface area contributed by atoms with Gasteiger partial charge in [0, 0.05) is 23.8 Å². The van der Waals surface area contributed by atoms with Crippen molar-refractivity contribution in [3.8, 4) is 6.07 Å². The van der Waals surface area contributed by atoms with Crippen molar-refractivity contribution in [2.45, 2.75) is 44.4 Å². The van der Waals surface area contributed by atoms with Crippen LogP contribution >= 0.6 is 11.6 Å². The lowest BCUT2D eigenvalue weighted by molar-refractivity contribution is 0.235. The molecule has 2 heterocycles. The molecule has 0 unspecified atom stereocenters. The SMILES string of the molecule is [2H][C@](Nc1cc(Cl)c2ncc(C#N)c(NCC(C)(C)F)c2c1)(c1ccc(F)cc1)c1cn(C2CC2)nn1. The molecule has 4 aromatic rings. The highest BCUT2D eigenvalue weighted by atomic mass is 35.5. The van der Waals surface area contributed by atoms with Crippen molar-refractivity contribution < 1.29 is 10.2 Å². The summed E-state index contributed by atoms with van der Waals surface area (Å²) in [6.45, 7) is 2.82. The number of hydrogen-bond acceptors (Lipinski definition) is 6. The number of fused-ring (bicyclic) bond motifs is 1. The smallest absolute Gasteiger partial charge is 0.123 e. The van der Waals surface area contributed by atoms with Crippen LogP contribution in [0.15, 0.2) is 48.8 Å². The quantitative estimate of drug-likeness (QED) is 0.295. The molecule has 5 rings (SSSR count). The van der Waals surface area contributed by atoms with E-state index in [1.165, 1.54) is 44.3 Å². The topological polar surface area (TPSA) is 91.5 Å². The van der Waals surface area contributed by atoms with Crippen LogP contribution in [0.2, 0.25) is 5.02 Å². The second-order valence-electron chi connectivity index (χ2n) is 9.41. The molecule has 0 radical (unpaired) electrons. The van der Waals surface area contributed by atoms with Gasteiger partial charge in [0.2, 0.25) is 0 Å². The Kier molecular flexibility index (Phi) is 5.89. The summed E-state index contributed by atoms with van der Waals surface area (Å²) < 4.78 is 39.2. The molecule has 1 fully saturated rings. The molecule has 2 aromatic heterocycles. The van der Waals surface area contributed by atoms with Gasteiger partial charge in [-0.1, -0.05) is 28.9 Å². The molecule has 184 valence electrons. The summed E-state index contributed by atoms with van der Waals surface area (Å²) in [4.78, 5) is 4.32. The maximum atomic E-state index is 14.3. The minimum absolute atomic E-state index is 0.0434. The number of hydrogen-bond donors (Lipinski definition) is 2. The molecule has 7 nitrogen and oxygen atoms in total. The third-order valence-electron chi connectivity index (χ3n) is 5.82. The van der Waals surface area contributed by atoms with Crippen LogP contribution in [-0.4, -0.2) is 32.2 Å². The molecular formula is C26H24ClF2N7. The Morgan fingerprint density at radius 1 is 1.31 bits per heavy atom. The van der Waals surface area contributed by atoms with E-state index in [-0.39, 0.29) is 23.2 Å². The van der Waals surface area contributed by atoms with Gasteiger partial charge < -0.3 is 10.6 Å². The third-order valence-corrected chi connectivity index (χ3v) is 6.11. The van der Waals surface area contributed by atoms with E-state index < -0.39 is 17.5 Å². The summed E-state index contributed by atoms with van der Waals surface area (Å²) in [5, 5.41) is 25.1. The minimum atomic E-state index is -1.65. The Morgan fingerprint density at radius 3 is 2.72 bits per heavy atom. The van der Waals surface area contributed by atoms with E-state index in [0.717, 1.165) is 12.8 Å². The van der Waals surface area contributed by atoms with Crippen molar-refractivity contribution in [3.63, 3.8) is 0 Å². The van der Waals surface area contributed by atoms with E-state index in [1.807, 2.05) is 0 Å². The Hall–Kier alpha value is -3.77. The number of rotatable bonds is 8. The van der Waals surface area contributed by atoms with Crippen LogP contribution in [0.1, 0.15) is 56.9 Å². The molecule has 0 bridgehead atoms. The monoisotopic (exact) mass is 508 g/mol. The first-order valence-electron chi connectivity index (χ1n) is 12.0. The molecule has 2 N–H and O–H groups in total. The highest BCUT2D eigenvalue weighted by molar-refractivity contribution is 6.35. The first-order valence-corrected chi connectivity index (χ1v) is 11.9. The number of alkyl halides is 1. The van der Waals surface area contributed by atoms with E-state index >= 15 is 0 Å². The van der Waals surface area contributed by atoms with Crippen LogP contribution in [0.25, 0.3) is 10.9 Å². The fraction of sp³-hybridized carbons (Fsp3) is 0.308. The largest absolute Gasteiger partial charge is 0.380 e. The average molecular weight is 509 g/mol. The van der Waals surface area contributed by atoms with Gasteiger partial charge in [-0.15, -0.1) is 5.10 Å². The lowest BCUT2D eigenvalue weighted by Crippen LogP contribution is -2.25. The van der Waals surface area contributed by atoms with Gasteiger partial charge in [0.15, 0.2) is 0 Å². The standard InChI is InChI=1S/C26H24ClF2N7/c1-26(2,29)14-32-23-16(11-30)12-31-25-20(23)9-18(10-21(25)27)33-24(15-3-5-17(28)6-4-15)22-13-36(35-34-22)19-7-8-19/h3-6,9-10,12-13,19,24,33H,7-8,14H2,1-2H3,(H,31,32)/t24-/m0/s1/i24D. The average Bonchev–Trinajstić information content (AvgIpc) is 3.58. The summed E-state index contributed by atoms with van der Waals surface area (Å²) in [6.07, 6.45) is 5.10. The van der Waals surface area contributed by atoms with Gasteiger partial charge in [0.1, 0.15) is 23.2 Å². The van der Waals surface area contributed by atoms with Crippen molar-refractivity contribution >= 4 is 33.9 Å². The molecule has 2 aromatic carbocycles. The molecule has 1 atom stereocenters. The predicted octanol–water partition coefficient (Wildman–Crippen LogP) is 6.19. The number of halogens is 3. The van der Waals surface area contributed by atoms with Crippen LogP contribution in [-0.2, 0) is 0 Å². The summed E-state index contributed by atoms with van der Waals surface area (Å²) in [6, 6.07) is 9.60. The van der Waals surface area contributed by atoms with Gasteiger partial charge >= 0.3 is 0 Å². The zero-order valence-corrected chi connectivity index (χ0v) is 20.4. The Balaban J connectivity index is 1.62. The fourth-order valence-electron chi connectivity index (χ4n) is 3.86. The van der Waals surface area contributed by atoms with Crippen LogP contribution in [0, 0.1) is 17.1 Å². The number of nitriles is 1. The maximum absolute atomic E-state index is 14.3. The van der Waals surface area contributed by atoms with Gasteiger partial charge in [-0.25, -0.2) is 13.5 Å². The van der Waals surface area contributed by atoms with Crippen molar-refractivity contribution in [3.05, 3.63) is 76.5 Å². The highest BCUT2D eigenvalue weighted by Crippen LogP contribution is 2.37. The molecule has 1 saturated carbocycles. The summed E-state index contributed by atoms with van der Waals surface area (Å²) in [5.74, 6) is -0.428. The summed E-state index contributed by atoms with van der Waals surface area (Å²) in [5.41, 5.74) is 0.695. The number of pyridine rings is 1. The Labute approximate surface area is 213 Å². The zero-order valence-electron chi connectivity index (χ0n) is 20.7. The van der Waals surface area contributed by atoms with E-state index in [9.17, 15) is 15.4 Å². The molecule has 0 aliphatic heterocycles. The van der Waals surface area contributed by atoms with E-state index in [2.05, 4.69) is 32.0 Å². The molecule has 0 saturated heterocycles. The zero-order chi connectivity index (χ0) is 26.4. The number of nitrogens with one attached hydrogen (secondary N) is 2. The van der Waals surface area contributed by atoms with Crippen molar-refractivity contribution in [1.82, 2.24) is 20.0 Å². The number of aromatic nitrogens is 4. The Bertz CT molecular complexity index is 1510. The van der Waals surface area contributed by atoms with E-state index in [1.54, 1.807) is 23.0 Å². The first-order chi connectivity index (χ1) is 17.6. The minimum Gasteiger partial charge on any atom is -0.380 e. The van der Waals surface area contributed by atoms with Gasteiger partial charge in [0.05, 0.1) is 41.4 Å². The van der Waals surface area contributed by atoms with E-state index in [4.69, 9.17) is 11.6 Å². The van der Waals surface area contributed by atoms with Crippen molar-refractivity contribution in [2.24, 2.45) is 0 Å². The van der Waals surface area contributed by atoms with Crippen molar-refractivity contribution in [1.29, 1.82) is 5.26 Å². The van der Waals surface area contributed by atoms with Crippen LogP contribution in [0.3, 0.4) is 0 Å². The lowest BCUT2D eigenvalue weighted by Gasteiger charge is -2.21. The molecule has 0 spiro atoms. The highest BCUT2D eigenvalue weighted by Gasteiger charge is 2.27. The van der Waals surface area contributed by atoms with Crippen LogP contribution in [0.5, 0.6) is 0 Å². The second-order valence-corrected chi connectivity index (χ2v) is 9.81. The Morgan fingerprint density at radius 2 is 2.06 bits per heavy atom. The number of benzene rings is 2. The van der Waals surface area contributed by atoms with Crippen LogP contribution in [0.4, 0.5) is 20.2 Å². The molecule has 1 aliphatic rings. The molecule has 10 heteroatoms. The first kappa shape index (κ1) is 22.7. The summed E-state index contributed by atoms with van der Waals surface area (Å²) >= 11 is 6.59. The van der Waals surface area contributed by atoms with Gasteiger partial charge in [-0.05, 0) is 56.5 Å². The van der Waals surface area contributed by atoms with Crippen LogP contribution < -0.4 is 10.6 Å². The second kappa shape index (κ2) is 9.36. The fourth-order valence-corrected chi connectivity index (χ4v) is 4.13. The molecule has 1 aliphatic carbocycles. The van der Waals surface area contributed by atoms with Gasteiger partial charge in [0.25, 0.3) is 0 Å². The van der Waals surface area contributed by atoms with Gasteiger partial charge in [-0.2, -0.15) is 5.26 Å². The molecular weight excluding hydrogens is 484 g/mol. The normalized spacial score (nSPS) is 15.7. The number of nitrogens with zero attached hydrogens (tertiary/aromatic N) is 5. The third kappa shape index (κ3) is 5.09. The van der Waals surface area contributed by atoms with Crippen molar-refractivity contribution in [2.75, 3.05) is 17.2 Å². The van der Waals surface area contributed by atoms with E-state index in [0.29, 0.717) is 33.5 Å². The molecule has 0 amide bonds. The van der Waals surface area contributed by atoms with Gasteiger partial charge in [-0.3, -0.25) is 4.98 Å².